The Morgan fingerprint density at radius 3 is 2.76 bits per heavy atom. The van der Waals surface area contributed by atoms with Crippen molar-refractivity contribution >= 4 is 5.91 Å². The molecule has 0 saturated carbocycles. The van der Waals surface area contributed by atoms with Crippen LogP contribution in [0.4, 0.5) is 8.78 Å². The van der Waals surface area contributed by atoms with Crippen molar-refractivity contribution in [3.63, 3.8) is 0 Å². The molecule has 3 nitrogen and oxygen atoms in total. The largest absolute Gasteiger partial charge is 0.337 e. The second-order valence-corrected chi connectivity index (χ2v) is 4.32. The summed E-state index contributed by atoms with van der Waals surface area (Å²) in [6, 6.07) is 2.51. The van der Waals surface area contributed by atoms with Crippen LogP contribution in [0.25, 0.3) is 0 Å². The molecule has 1 saturated heterocycles. The molecule has 2 atom stereocenters. The van der Waals surface area contributed by atoms with Gasteiger partial charge in [-0.15, -0.1) is 0 Å². The Morgan fingerprint density at radius 1 is 1.41 bits per heavy atom. The summed E-state index contributed by atoms with van der Waals surface area (Å²) < 4.78 is 26.5. The van der Waals surface area contributed by atoms with E-state index in [9.17, 15) is 13.6 Å². The van der Waals surface area contributed by atoms with Crippen LogP contribution >= 0.6 is 0 Å². The van der Waals surface area contributed by atoms with Crippen LogP contribution in [-0.4, -0.2) is 23.9 Å². The number of piperidine rings is 1. The fourth-order valence-electron chi connectivity index (χ4n) is 2.25. The molecule has 0 aromatic heterocycles. The van der Waals surface area contributed by atoms with Crippen LogP contribution in [0.3, 0.4) is 0 Å². The third-order valence-electron chi connectivity index (χ3n) is 3.19. The van der Waals surface area contributed by atoms with Gasteiger partial charge in [0.1, 0.15) is 11.6 Å². The van der Waals surface area contributed by atoms with E-state index in [-0.39, 0.29) is 17.5 Å². The smallest absolute Gasteiger partial charge is 0.222 e. The Labute approximate surface area is 98.2 Å². The molecule has 2 rings (SSSR count). The van der Waals surface area contributed by atoms with E-state index in [2.05, 4.69) is 0 Å². The first-order valence-corrected chi connectivity index (χ1v) is 5.47. The number of hydrogen-bond acceptors (Lipinski definition) is 2. The number of halogens is 2. The second-order valence-electron chi connectivity index (χ2n) is 4.32. The first-order valence-electron chi connectivity index (χ1n) is 5.47. The molecule has 1 fully saturated rings. The first kappa shape index (κ1) is 12.0. The van der Waals surface area contributed by atoms with Crippen LogP contribution in [0, 0.1) is 11.6 Å². The van der Waals surface area contributed by atoms with Gasteiger partial charge in [0.25, 0.3) is 0 Å². The molecule has 0 aliphatic carbocycles. The van der Waals surface area contributed by atoms with Crippen LogP contribution in [0.2, 0.25) is 0 Å². The molecule has 0 spiro atoms. The Morgan fingerprint density at radius 2 is 2.12 bits per heavy atom. The lowest BCUT2D eigenvalue weighted by molar-refractivity contribution is -0.135. The van der Waals surface area contributed by atoms with Gasteiger partial charge >= 0.3 is 0 Å². The molecule has 17 heavy (non-hydrogen) atoms. The van der Waals surface area contributed by atoms with Crippen molar-refractivity contribution in [1.82, 2.24) is 4.90 Å². The molecular formula is C12H14F2N2O. The molecule has 1 aliphatic rings. The number of carbonyl (C=O) groups is 1. The Bertz CT molecular complexity index is 450. The molecule has 1 heterocycles. The summed E-state index contributed by atoms with van der Waals surface area (Å²) in [6.07, 6.45) is 0.891. The molecule has 1 aromatic rings. The highest BCUT2D eigenvalue weighted by atomic mass is 19.1. The average molecular weight is 240 g/mol. The predicted octanol–water partition coefficient (Wildman–Crippen LogP) is 1.59. The number of benzene rings is 1. The van der Waals surface area contributed by atoms with Gasteiger partial charge in [-0.2, -0.15) is 0 Å². The third kappa shape index (κ3) is 2.15. The van der Waals surface area contributed by atoms with E-state index in [1.807, 2.05) is 0 Å². The number of hydrogen-bond donors (Lipinski definition) is 1. The number of carbonyl (C=O) groups excluding carboxylic acids is 1. The minimum absolute atomic E-state index is 0.0691. The highest BCUT2D eigenvalue weighted by molar-refractivity contribution is 5.77. The van der Waals surface area contributed by atoms with Gasteiger partial charge in [0.2, 0.25) is 5.91 Å². The molecule has 1 aromatic carbocycles. The average Bonchev–Trinajstić information content (AvgIpc) is 2.27. The lowest BCUT2D eigenvalue weighted by Gasteiger charge is -2.37. The fraction of sp³-hybridized carbons (Fsp3) is 0.417. The molecule has 0 bridgehead atoms. The van der Waals surface area contributed by atoms with E-state index in [0.29, 0.717) is 12.8 Å². The number of amides is 1. The van der Waals surface area contributed by atoms with Gasteiger partial charge in [-0.3, -0.25) is 4.79 Å². The van der Waals surface area contributed by atoms with Crippen LogP contribution in [0.15, 0.2) is 18.2 Å². The van der Waals surface area contributed by atoms with Gasteiger partial charge in [-0.1, -0.05) is 6.07 Å². The summed E-state index contributed by atoms with van der Waals surface area (Å²) in [5.41, 5.74) is 6.19. The molecule has 5 heteroatoms. The van der Waals surface area contributed by atoms with Gasteiger partial charge < -0.3 is 10.6 Å². The van der Waals surface area contributed by atoms with E-state index in [4.69, 9.17) is 5.73 Å². The van der Waals surface area contributed by atoms with Crippen molar-refractivity contribution in [2.75, 3.05) is 7.05 Å². The van der Waals surface area contributed by atoms with Crippen LogP contribution in [0.1, 0.15) is 24.4 Å². The molecule has 92 valence electrons. The Balaban J connectivity index is 2.39. The van der Waals surface area contributed by atoms with E-state index in [0.717, 1.165) is 6.07 Å². The molecule has 1 amide bonds. The quantitative estimate of drug-likeness (QED) is 0.810. The minimum atomic E-state index is -0.660. The fourth-order valence-corrected chi connectivity index (χ4v) is 2.25. The van der Waals surface area contributed by atoms with Crippen molar-refractivity contribution in [2.24, 2.45) is 5.73 Å². The predicted molar refractivity (Wildman–Crippen MR) is 59.1 cm³/mol. The minimum Gasteiger partial charge on any atom is -0.337 e. The van der Waals surface area contributed by atoms with E-state index in [1.165, 1.54) is 17.0 Å². The zero-order valence-electron chi connectivity index (χ0n) is 9.49. The van der Waals surface area contributed by atoms with Crippen molar-refractivity contribution in [3.8, 4) is 0 Å². The maximum atomic E-state index is 13.7. The van der Waals surface area contributed by atoms with E-state index >= 15 is 0 Å². The van der Waals surface area contributed by atoms with Crippen molar-refractivity contribution < 1.29 is 13.6 Å². The maximum Gasteiger partial charge on any atom is 0.222 e. The normalized spacial score (nSPS) is 25.2. The Hall–Kier alpha value is -1.49. The molecule has 2 N–H and O–H groups in total. The first-order chi connectivity index (χ1) is 8.00. The summed E-state index contributed by atoms with van der Waals surface area (Å²) in [6.45, 7) is 0. The number of rotatable bonds is 1. The zero-order valence-corrected chi connectivity index (χ0v) is 9.49. The summed E-state index contributed by atoms with van der Waals surface area (Å²) in [7, 11) is 1.59. The van der Waals surface area contributed by atoms with Crippen molar-refractivity contribution in [1.29, 1.82) is 0 Å². The molecule has 2 unspecified atom stereocenters. The van der Waals surface area contributed by atoms with Gasteiger partial charge in [0, 0.05) is 31.1 Å². The highest BCUT2D eigenvalue weighted by Gasteiger charge is 2.33. The number of nitrogens with zero attached hydrogens (tertiary/aromatic N) is 1. The number of nitrogens with two attached hydrogens (primary N) is 1. The summed E-state index contributed by atoms with van der Waals surface area (Å²) >= 11 is 0. The van der Waals surface area contributed by atoms with E-state index < -0.39 is 17.7 Å². The molecule has 0 radical (unpaired) electrons. The van der Waals surface area contributed by atoms with Crippen molar-refractivity contribution in [3.05, 3.63) is 35.4 Å². The Kier molecular flexibility index (Phi) is 3.11. The van der Waals surface area contributed by atoms with Crippen LogP contribution < -0.4 is 5.73 Å². The van der Waals surface area contributed by atoms with Gasteiger partial charge in [-0.05, 0) is 12.5 Å². The summed E-state index contributed by atoms with van der Waals surface area (Å²) in [5, 5.41) is 0. The summed E-state index contributed by atoms with van der Waals surface area (Å²) in [4.78, 5) is 13.0. The molecular weight excluding hydrogens is 226 g/mol. The van der Waals surface area contributed by atoms with Gasteiger partial charge in [0.05, 0.1) is 6.04 Å². The van der Waals surface area contributed by atoms with E-state index in [1.54, 1.807) is 7.05 Å². The van der Waals surface area contributed by atoms with Crippen LogP contribution in [-0.2, 0) is 4.79 Å². The SMILES string of the molecule is CN1C(=O)CCC(N)C1c1ccc(F)cc1F. The topological polar surface area (TPSA) is 46.3 Å². The van der Waals surface area contributed by atoms with Gasteiger partial charge in [-0.25, -0.2) is 8.78 Å². The lowest BCUT2D eigenvalue weighted by atomic mass is 9.91. The standard InChI is InChI=1S/C12H14F2N2O/c1-16-11(17)5-4-10(15)12(16)8-3-2-7(13)6-9(8)14/h2-3,6,10,12H,4-5,15H2,1H3. The summed E-state index contributed by atoms with van der Waals surface area (Å²) in [5.74, 6) is -1.36. The zero-order chi connectivity index (χ0) is 12.6. The molecule has 1 aliphatic heterocycles. The van der Waals surface area contributed by atoms with Crippen molar-refractivity contribution in [2.45, 2.75) is 24.9 Å². The lowest BCUT2D eigenvalue weighted by Crippen LogP contribution is -2.47. The monoisotopic (exact) mass is 240 g/mol. The number of likely N-dealkylation sites (N-methyl/N-ethyl adjacent to an activating group) is 1. The number of likely N-dealkylation sites (tertiary alicyclic amines) is 1. The maximum absolute atomic E-state index is 13.7. The third-order valence-corrected chi connectivity index (χ3v) is 3.19. The van der Waals surface area contributed by atoms with Crippen LogP contribution in [0.5, 0.6) is 0 Å². The second kappa shape index (κ2) is 4.41. The van der Waals surface area contributed by atoms with Gasteiger partial charge in [0.15, 0.2) is 0 Å². The highest BCUT2D eigenvalue weighted by Crippen LogP contribution is 2.31.